The number of amides is 2. The molecule has 2 N–H and O–H groups in total. The number of carbonyl (C=O) groups excluding carboxylic acids is 2. The second-order valence-corrected chi connectivity index (χ2v) is 3.40. The second kappa shape index (κ2) is 5.11. The van der Waals surface area contributed by atoms with Gasteiger partial charge in [-0.3, -0.25) is 25.2 Å². The van der Waals surface area contributed by atoms with E-state index in [0.717, 1.165) is 5.56 Å². The average molecular weight is 223 g/mol. The molecule has 0 atom stereocenters. The minimum Gasteiger partial charge on any atom is -0.306 e. The summed E-state index contributed by atoms with van der Waals surface area (Å²) in [5, 5.41) is 0. The fourth-order valence-electron chi connectivity index (χ4n) is 1.09. The lowest BCUT2D eigenvalue weighted by molar-refractivity contribution is -0.128. The maximum atomic E-state index is 11.4. The van der Waals surface area contributed by atoms with E-state index in [9.17, 15) is 14.4 Å². The van der Waals surface area contributed by atoms with Crippen LogP contribution in [-0.2, 0) is 16.1 Å². The van der Waals surface area contributed by atoms with Crippen LogP contribution in [0.25, 0.3) is 0 Å². The number of pyridine rings is 1. The van der Waals surface area contributed by atoms with E-state index in [4.69, 9.17) is 0 Å². The van der Waals surface area contributed by atoms with Gasteiger partial charge >= 0.3 is 0 Å². The summed E-state index contributed by atoms with van der Waals surface area (Å²) in [6, 6.07) is 3.17. The lowest BCUT2D eigenvalue weighted by atomic mass is 10.3. The topological polar surface area (TPSA) is 80.2 Å². The molecule has 0 radical (unpaired) electrons. The molecular weight excluding hydrogens is 210 g/mol. The number of hydrazine groups is 1. The van der Waals surface area contributed by atoms with Crippen molar-refractivity contribution in [3.8, 4) is 0 Å². The molecule has 0 fully saturated rings. The van der Waals surface area contributed by atoms with Gasteiger partial charge in [-0.25, -0.2) is 0 Å². The van der Waals surface area contributed by atoms with E-state index in [1.807, 2.05) is 0 Å². The Hall–Kier alpha value is -2.11. The van der Waals surface area contributed by atoms with Gasteiger partial charge in [-0.15, -0.1) is 0 Å². The van der Waals surface area contributed by atoms with Crippen molar-refractivity contribution in [1.29, 1.82) is 0 Å². The fraction of sp³-hybridized carbons (Fsp3) is 0.300. The highest BCUT2D eigenvalue weighted by molar-refractivity contribution is 5.80. The zero-order chi connectivity index (χ0) is 12.1. The Labute approximate surface area is 92.2 Å². The van der Waals surface area contributed by atoms with Crippen LogP contribution in [-0.4, -0.2) is 16.4 Å². The Balaban J connectivity index is 2.63. The number of hydrogen-bond donors (Lipinski definition) is 2. The predicted octanol–water partition coefficient (Wildman–Crippen LogP) is -0.676. The first-order valence-electron chi connectivity index (χ1n) is 4.71. The molecule has 6 nitrogen and oxygen atoms in total. The molecule has 1 rings (SSSR count). The normalized spacial score (nSPS) is 9.62. The minimum absolute atomic E-state index is 0.126. The molecular formula is C10H13N3O3. The third-order valence-corrected chi connectivity index (χ3v) is 1.84. The Morgan fingerprint density at radius 3 is 2.62 bits per heavy atom. The maximum Gasteiger partial charge on any atom is 0.258 e. The third kappa shape index (κ3) is 3.56. The zero-order valence-corrected chi connectivity index (χ0v) is 9.11. The lowest BCUT2D eigenvalue weighted by Crippen LogP contribution is -2.43. The summed E-state index contributed by atoms with van der Waals surface area (Å²) in [6.45, 7) is 2.95. The quantitative estimate of drug-likeness (QED) is 0.652. The molecule has 0 aliphatic carbocycles. The highest BCUT2D eigenvalue weighted by Gasteiger charge is 2.04. The van der Waals surface area contributed by atoms with Crippen molar-refractivity contribution in [2.45, 2.75) is 20.4 Å². The Morgan fingerprint density at radius 2 is 2.06 bits per heavy atom. The van der Waals surface area contributed by atoms with Gasteiger partial charge in [0.2, 0.25) is 5.91 Å². The highest BCUT2D eigenvalue weighted by Crippen LogP contribution is 1.90. The summed E-state index contributed by atoms with van der Waals surface area (Å²) in [7, 11) is 0. The number of aryl methyl sites for hydroxylation is 1. The van der Waals surface area contributed by atoms with Gasteiger partial charge in [0.25, 0.3) is 11.5 Å². The second-order valence-electron chi connectivity index (χ2n) is 3.40. The Morgan fingerprint density at radius 1 is 1.38 bits per heavy atom. The fourth-order valence-corrected chi connectivity index (χ4v) is 1.09. The molecule has 86 valence electrons. The van der Waals surface area contributed by atoms with E-state index < -0.39 is 5.91 Å². The van der Waals surface area contributed by atoms with Gasteiger partial charge in [-0.2, -0.15) is 0 Å². The van der Waals surface area contributed by atoms with Gasteiger partial charge in [0.15, 0.2) is 0 Å². The standard InChI is InChI=1S/C10H13N3O3/c1-7-3-4-13(10(16)5-7)6-9(15)12-11-8(2)14/h3-5H,6H2,1-2H3,(H,11,14)(H,12,15). The smallest absolute Gasteiger partial charge is 0.258 e. The Bertz CT molecular complexity index is 465. The van der Waals surface area contributed by atoms with Crippen molar-refractivity contribution < 1.29 is 9.59 Å². The van der Waals surface area contributed by atoms with Gasteiger partial charge in [-0.05, 0) is 18.6 Å². The van der Waals surface area contributed by atoms with Crippen LogP contribution in [0.15, 0.2) is 23.1 Å². The van der Waals surface area contributed by atoms with E-state index in [2.05, 4.69) is 10.9 Å². The van der Waals surface area contributed by atoms with Crippen LogP contribution >= 0.6 is 0 Å². The number of nitrogens with zero attached hydrogens (tertiary/aromatic N) is 1. The summed E-state index contributed by atoms with van der Waals surface area (Å²) in [5.74, 6) is -0.828. The van der Waals surface area contributed by atoms with Gasteiger partial charge in [0.1, 0.15) is 6.54 Å². The molecule has 0 saturated heterocycles. The third-order valence-electron chi connectivity index (χ3n) is 1.84. The first-order chi connectivity index (χ1) is 7.49. The number of carbonyl (C=O) groups is 2. The van der Waals surface area contributed by atoms with Gasteiger partial charge in [-0.1, -0.05) is 0 Å². The van der Waals surface area contributed by atoms with Crippen LogP contribution in [0, 0.1) is 6.92 Å². The molecule has 2 amide bonds. The number of hydrogen-bond acceptors (Lipinski definition) is 3. The summed E-state index contributed by atoms with van der Waals surface area (Å²) in [6.07, 6.45) is 1.53. The van der Waals surface area contributed by atoms with Crippen LogP contribution < -0.4 is 16.4 Å². The highest BCUT2D eigenvalue weighted by atomic mass is 16.2. The van der Waals surface area contributed by atoms with E-state index in [0.29, 0.717) is 0 Å². The number of rotatable bonds is 2. The molecule has 0 aromatic carbocycles. The largest absolute Gasteiger partial charge is 0.306 e. The van der Waals surface area contributed by atoms with Gasteiger partial charge in [0, 0.05) is 19.2 Å². The van der Waals surface area contributed by atoms with Crippen molar-refractivity contribution in [2.24, 2.45) is 0 Å². The molecule has 0 aliphatic rings. The van der Waals surface area contributed by atoms with Crippen molar-refractivity contribution in [1.82, 2.24) is 15.4 Å². The molecule has 1 heterocycles. The first kappa shape index (κ1) is 12.0. The summed E-state index contributed by atoms with van der Waals surface area (Å²) < 4.78 is 1.25. The molecule has 0 bridgehead atoms. The lowest BCUT2D eigenvalue weighted by Gasteiger charge is -2.07. The van der Waals surface area contributed by atoms with Crippen molar-refractivity contribution >= 4 is 11.8 Å². The van der Waals surface area contributed by atoms with Crippen LogP contribution in [0.1, 0.15) is 12.5 Å². The molecule has 16 heavy (non-hydrogen) atoms. The van der Waals surface area contributed by atoms with Gasteiger partial charge < -0.3 is 4.57 Å². The minimum atomic E-state index is -0.457. The van der Waals surface area contributed by atoms with Gasteiger partial charge in [0.05, 0.1) is 0 Å². The van der Waals surface area contributed by atoms with Crippen LogP contribution in [0.3, 0.4) is 0 Å². The van der Waals surface area contributed by atoms with E-state index in [-0.39, 0.29) is 18.0 Å². The zero-order valence-electron chi connectivity index (χ0n) is 9.11. The molecule has 0 spiro atoms. The predicted molar refractivity (Wildman–Crippen MR) is 57.4 cm³/mol. The Kier molecular flexibility index (Phi) is 3.82. The van der Waals surface area contributed by atoms with Crippen LogP contribution in [0.5, 0.6) is 0 Å². The van der Waals surface area contributed by atoms with E-state index in [1.54, 1.807) is 13.0 Å². The molecule has 1 aromatic heterocycles. The number of aromatic nitrogens is 1. The maximum absolute atomic E-state index is 11.4. The summed E-state index contributed by atoms with van der Waals surface area (Å²) in [4.78, 5) is 33.2. The van der Waals surface area contributed by atoms with E-state index in [1.165, 1.54) is 23.8 Å². The van der Waals surface area contributed by atoms with Crippen molar-refractivity contribution in [3.05, 3.63) is 34.2 Å². The summed E-state index contributed by atoms with van der Waals surface area (Å²) >= 11 is 0. The first-order valence-corrected chi connectivity index (χ1v) is 4.71. The molecule has 6 heteroatoms. The molecule has 0 unspecified atom stereocenters. The SMILES string of the molecule is CC(=O)NNC(=O)Cn1ccc(C)cc1=O. The summed E-state index contributed by atoms with van der Waals surface area (Å²) in [5.41, 5.74) is 4.90. The van der Waals surface area contributed by atoms with Crippen molar-refractivity contribution in [3.63, 3.8) is 0 Å². The van der Waals surface area contributed by atoms with Crippen LogP contribution in [0.4, 0.5) is 0 Å². The average Bonchev–Trinajstić information content (AvgIpc) is 2.19. The molecule has 1 aromatic rings. The van der Waals surface area contributed by atoms with E-state index >= 15 is 0 Å². The molecule has 0 aliphatic heterocycles. The van der Waals surface area contributed by atoms with Crippen LogP contribution in [0.2, 0.25) is 0 Å². The molecule has 0 saturated carbocycles. The number of nitrogens with one attached hydrogen (secondary N) is 2. The van der Waals surface area contributed by atoms with Crippen molar-refractivity contribution in [2.75, 3.05) is 0 Å². The monoisotopic (exact) mass is 223 g/mol.